The van der Waals surface area contributed by atoms with Crippen molar-refractivity contribution in [2.45, 2.75) is 45.4 Å². The molecule has 0 aromatic carbocycles. The summed E-state index contributed by atoms with van der Waals surface area (Å²) in [4.78, 5) is 23.4. The average molecular weight is 258 g/mol. The molecule has 0 aromatic heterocycles. The third-order valence-electron chi connectivity index (χ3n) is 3.04. The van der Waals surface area contributed by atoms with Crippen molar-refractivity contribution in [3.05, 3.63) is 0 Å². The van der Waals surface area contributed by atoms with Gasteiger partial charge in [-0.3, -0.25) is 9.59 Å². The summed E-state index contributed by atoms with van der Waals surface area (Å²) in [7, 11) is 0. The fourth-order valence-electron chi connectivity index (χ4n) is 2.17. The van der Waals surface area contributed by atoms with Gasteiger partial charge in [0.1, 0.15) is 6.61 Å². The summed E-state index contributed by atoms with van der Waals surface area (Å²) in [6, 6.07) is 0. The van der Waals surface area contributed by atoms with Gasteiger partial charge >= 0.3 is 5.97 Å². The van der Waals surface area contributed by atoms with Gasteiger partial charge in [0.2, 0.25) is 5.78 Å². The Kier molecular flexibility index (Phi) is 3.21. The van der Waals surface area contributed by atoms with Gasteiger partial charge in [-0.2, -0.15) is 0 Å². The SMILES string of the molecule is CC(=O)O[C@@H]1C(=O)[C@]2(COC(C)(C)O2)OC[C@@H]1C. The molecule has 0 N–H and O–H groups in total. The minimum absolute atomic E-state index is 0.0172. The molecule has 6 nitrogen and oxygen atoms in total. The lowest BCUT2D eigenvalue weighted by Gasteiger charge is -2.38. The Morgan fingerprint density at radius 1 is 1.39 bits per heavy atom. The van der Waals surface area contributed by atoms with Crippen LogP contribution in [0.4, 0.5) is 0 Å². The zero-order valence-electron chi connectivity index (χ0n) is 11.0. The van der Waals surface area contributed by atoms with Crippen molar-refractivity contribution >= 4 is 11.8 Å². The van der Waals surface area contributed by atoms with Gasteiger partial charge in [-0.05, 0) is 13.8 Å². The van der Waals surface area contributed by atoms with Crippen LogP contribution in [-0.4, -0.2) is 42.6 Å². The van der Waals surface area contributed by atoms with E-state index in [-0.39, 0.29) is 24.9 Å². The first kappa shape index (κ1) is 13.5. The maximum atomic E-state index is 12.4. The maximum Gasteiger partial charge on any atom is 0.303 e. The summed E-state index contributed by atoms with van der Waals surface area (Å²) >= 11 is 0. The van der Waals surface area contributed by atoms with Gasteiger partial charge in [-0.1, -0.05) is 6.92 Å². The van der Waals surface area contributed by atoms with Gasteiger partial charge in [-0.15, -0.1) is 0 Å². The number of ether oxygens (including phenoxy) is 4. The number of rotatable bonds is 1. The Bertz CT molecular complexity index is 377. The largest absolute Gasteiger partial charge is 0.454 e. The van der Waals surface area contributed by atoms with Crippen LogP contribution in [0.3, 0.4) is 0 Å². The van der Waals surface area contributed by atoms with Gasteiger partial charge in [-0.25, -0.2) is 0 Å². The molecule has 1 spiro atoms. The van der Waals surface area contributed by atoms with E-state index in [4.69, 9.17) is 18.9 Å². The summed E-state index contributed by atoms with van der Waals surface area (Å²) in [5.74, 6) is -3.38. The van der Waals surface area contributed by atoms with Crippen molar-refractivity contribution in [1.82, 2.24) is 0 Å². The standard InChI is InChI=1S/C12H18O6/c1-7-5-15-12(6-16-11(3,4)18-12)10(14)9(7)17-8(2)13/h7,9H,5-6H2,1-4H3/t7-,9-,12+/m0/s1. The van der Waals surface area contributed by atoms with Crippen LogP contribution < -0.4 is 0 Å². The molecule has 0 saturated carbocycles. The van der Waals surface area contributed by atoms with Crippen molar-refractivity contribution < 1.29 is 28.5 Å². The van der Waals surface area contributed by atoms with Crippen molar-refractivity contribution in [3.8, 4) is 0 Å². The predicted octanol–water partition coefficient (Wildman–Crippen LogP) is 0.633. The number of ketones is 1. The third kappa shape index (κ3) is 2.28. The second-order valence-corrected chi connectivity index (χ2v) is 5.23. The number of Topliss-reactive ketones (excluding diaryl/α,β-unsaturated/α-hetero) is 1. The number of hydrogen-bond donors (Lipinski definition) is 0. The summed E-state index contributed by atoms with van der Waals surface area (Å²) < 4.78 is 21.5. The second kappa shape index (κ2) is 4.29. The van der Waals surface area contributed by atoms with Crippen LogP contribution in [-0.2, 0) is 28.5 Å². The minimum atomic E-state index is -1.43. The molecule has 0 amide bonds. The molecule has 0 unspecified atom stereocenters. The Labute approximate surface area is 106 Å². The lowest BCUT2D eigenvalue weighted by molar-refractivity contribution is -0.266. The molecule has 0 aromatic rings. The van der Waals surface area contributed by atoms with E-state index < -0.39 is 23.6 Å². The Hall–Kier alpha value is -0.980. The topological polar surface area (TPSA) is 71.1 Å². The zero-order valence-corrected chi connectivity index (χ0v) is 11.0. The van der Waals surface area contributed by atoms with E-state index in [1.54, 1.807) is 20.8 Å². The number of esters is 1. The van der Waals surface area contributed by atoms with E-state index in [1.807, 2.05) is 0 Å². The van der Waals surface area contributed by atoms with Crippen molar-refractivity contribution in [1.29, 1.82) is 0 Å². The van der Waals surface area contributed by atoms with Crippen LogP contribution in [0.1, 0.15) is 27.7 Å². The highest BCUT2D eigenvalue weighted by Crippen LogP contribution is 2.38. The second-order valence-electron chi connectivity index (χ2n) is 5.23. The van der Waals surface area contributed by atoms with Gasteiger partial charge in [0, 0.05) is 12.8 Å². The molecule has 2 rings (SSSR count). The molecule has 6 heteroatoms. The predicted molar refractivity (Wildman–Crippen MR) is 59.5 cm³/mol. The normalized spacial score (nSPS) is 39.0. The van der Waals surface area contributed by atoms with Gasteiger partial charge in [0.25, 0.3) is 5.79 Å². The molecular weight excluding hydrogens is 240 g/mol. The van der Waals surface area contributed by atoms with E-state index >= 15 is 0 Å². The minimum Gasteiger partial charge on any atom is -0.454 e. The first-order valence-corrected chi connectivity index (χ1v) is 5.95. The van der Waals surface area contributed by atoms with Crippen LogP contribution >= 0.6 is 0 Å². The molecule has 2 fully saturated rings. The fourth-order valence-corrected chi connectivity index (χ4v) is 2.17. The number of hydrogen-bond acceptors (Lipinski definition) is 6. The van der Waals surface area contributed by atoms with Gasteiger partial charge in [0.15, 0.2) is 11.9 Å². The van der Waals surface area contributed by atoms with Crippen LogP contribution in [0.25, 0.3) is 0 Å². The first-order valence-electron chi connectivity index (χ1n) is 5.95. The number of carbonyl (C=O) groups is 2. The fraction of sp³-hybridized carbons (Fsp3) is 0.833. The van der Waals surface area contributed by atoms with Gasteiger partial charge in [0.05, 0.1) is 6.61 Å². The molecule has 0 bridgehead atoms. The Balaban J connectivity index is 2.20. The monoisotopic (exact) mass is 258 g/mol. The number of carbonyl (C=O) groups excluding carboxylic acids is 2. The third-order valence-corrected chi connectivity index (χ3v) is 3.04. The zero-order chi connectivity index (χ0) is 13.6. The van der Waals surface area contributed by atoms with E-state index in [9.17, 15) is 9.59 Å². The Morgan fingerprint density at radius 3 is 2.56 bits per heavy atom. The summed E-state index contributed by atoms with van der Waals surface area (Å²) in [5, 5.41) is 0. The highest BCUT2D eigenvalue weighted by molar-refractivity contribution is 5.92. The Morgan fingerprint density at radius 2 is 2.06 bits per heavy atom. The lowest BCUT2D eigenvalue weighted by Crippen LogP contribution is -2.58. The van der Waals surface area contributed by atoms with Crippen LogP contribution in [0.2, 0.25) is 0 Å². The molecule has 18 heavy (non-hydrogen) atoms. The first-order chi connectivity index (χ1) is 8.26. The highest BCUT2D eigenvalue weighted by Gasteiger charge is 2.58. The highest BCUT2D eigenvalue weighted by atomic mass is 16.8. The smallest absolute Gasteiger partial charge is 0.303 e. The van der Waals surface area contributed by atoms with E-state index in [0.717, 1.165) is 0 Å². The molecule has 3 atom stereocenters. The van der Waals surface area contributed by atoms with Crippen molar-refractivity contribution in [2.75, 3.05) is 13.2 Å². The van der Waals surface area contributed by atoms with Crippen LogP contribution in [0.5, 0.6) is 0 Å². The quantitative estimate of drug-likeness (QED) is 0.642. The molecule has 2 saturated heterocycles. The molecular formula is C12H18O6. The van der Waals surface area contributed by atoms with Gasteiger partial charge < -0.3 is 18.9 Å². The van der Waals surface area contributed by atoms with E-state index in [0.29, 0.717) is 0 Å². The lowest BCUT2D eigenvalue weighted by atomic mass is 9.93. The van der Waals surface area contributed by atoms with Crippen molar-refractivity contribution in [3.63, 3.8) is 0 Å². The van der Waals surface area contributed by atoms with Crippen molar-refractivity contribution in [2.24, 2.45) is 5.92 Å². The molecule has 2 aliphatic rings. The summed E-state index contributed by atoms with van der Waals surface area (Å²) in [6.45, 7) is 6.78. The molecule has 102 valence electrons. The average Bonchev–Trinajstić information content (AvgIpc) is 2.57. The van der Waals surface area contributed by atoms with E-state index in [2.05, 4.69) is 0 Å². The molecule has 0 radical (unpaired) electrons. The van der Waals surface area contributed by atoms with Crippen LogP contribution in [0.15, 0.2) is 0 Å². The summed E-state index contributed by atoms with van der Waals surface area (Å²) in [5.41, 5.74) is 0. The summed E-state index contributed by atoms with van der Waals surface area (Å²) in [6.07, 6.45) is -0.839. The maximum absolute atomic E-state index is 12.4. The molecule has 2 aliphatic heterocycles. The van der Waals surface area contributed by atoms with E-state index in [1.165, 1.54) is 6.92 Å². The molecule has 2 heterocycles. The van der Waals surface area contributed by atoms with Crippen LogP contribution in [0, 0.1) is 5.92 Å². The molecule has 0 aliphatic carbocycles.